The third-order valence-corrected chi connectivity index (χ3v) is 2.90. The molecule has 1 unspecified atom stereocenters. The van der Waals surface area contributed by atoms with Crippen molar-refractivity contribution in [3.05, 3.63) is 12.7 Å². The van der Waals surface area contributed by atoms with Gasteiger partial charge in [-0.3, -0.25) is 4.57 Å². The Bertz CT molecular complexity index is 882. The maximum absolute atomic E-state index is 10.7. The molecule has 10 N–H and O–H groups in total. The summed E-state index contributed by atoms with van der Waals surface area (Å²) in [4.78, 5) is 72.6. The molecule has 20 heteroatoms. The molecule has 0 aliphatic rings. The van der Waals surface area contributed by atoms with Crippen molar-refractivity contribution in [2.24, 2.45) is 0 Å². The number of anilines is 1. The van der Waals surface area contributed by atoms with Crippen molar-refractivity contribution in [1.29, 1.82) is 0 Å². The van der Waals surface area contributed by atoms with Gasteiger partial charge in [0, 0.05) is 0 Å². The number of imidazole rings is 1. The molecule has 0 amide bonds. The fraction of sp³-hybridized carbons (Fsp3) is 0.444. The lowest BCUT2D eigenvalue weighted by Gasteiger charge is -2.14. The monoisotopic (exact) mass is 483 g/mol. The first-order valence-electron chi connectivity index (χ1n) is 7.01. The molecular formula is C9H20N5O12P3. The van der Waals surface area contributed by atoms with Crippen LogP contribution in [0.4, 0.5) is 5.82 Å². The van der Waals surface area contributed by atoms with Crippen LogP contribution in [0.5, 0.6) is 0 Å². The summed E-state index contributed by atoms with van der Waals surface area (Å²) in [5, 5.41) is 0. The fourth-order valence-electron chi connectivity index (χ4n) is 1.59. The minimum absolute atomic E-state index is 0.285. The zero-order valence-electron chi connectivity index (χ0n) is 14.6. The summed E-state index contributed by atoms with van der Waals surface area (Å²) in [5.41, 5.74) is 6.70. The lowest BCUT2D eigenvalue weighted by molar-refractivity contribution is 0.0764. The Kier molecular flexibility index (Phi) is 10.7. The van der Waals surface area contributed by atoms with E-state index in [2.05, 4.69) is 15.0 Å². The van der Waals surface area contributed by atoms with Crippen molar-refractivity contribution in [3.63, 3.8) is 0 Å². The molecule has 2 heterocycles. The van der Waals surface area contributed by atoms with E-state index in [0.29, 0.717) is 17.7 Å². The van der Waals surface area contributed by atoms with Crippen LogP contribution in [-0.4, -0.2) is 71.1 Å². The highest BCUT2D eigenvalue weighted by molar-refractivity contribution is 7.51. The van der Waals surface area contributed by atoms with Crippen LogP contribution in [-0.2, 0) is 25.0 Å². The largest absolute Gasteiger partial charge is 0.466 e. The predicted octanol–water partition coefficient (Wildman–Crippen LogP) is -1.91. The average Bonchev–Trinajstić information content (AvgIpc) is 2.86. The van der Waals surface area contributed by atoms with Gasteiger partial charge in [0.05, 0.1) is 19.0 Å². The molecule has 0 saturated heterocycles. The van der Waals surface area contributed by atoms with Crippen LogP contribution in [0.3, 0.4) is 0 Å². The molecule has 0 saturated carbocycles. The number of hydrogen-bond donors (Lipinski definition) is 9. The van der Waals surface area contributed by atoms with Crippen molar-refractivity contribution in [3.8, 4) is 0 Å². The number of nitrogen functional groups attached to an aromatic ring is 1. The second-order valence-corrected chi connectivity index (χ2v) is 8.77. The van der Waals surface area contributed by atoms with E-state index in [1.807, 2.05) is 0 Å². The third kappa shape index (κ3) is 16.2. The smallest absolute Gasteiger partial charge is 0.382 e. The first-order chi connectivity index (χ1) is 12.9. The SMILES string of the molecule is CC(Cn1cnc2c(N)ncnc21)OCP(=O)(O)O.O=P(O)(O)O.O=P(O)(O)O. The van der Waals surface area contributed by atoms with Crippen LogP contribution >= 0.6 is 23.2 Å². The van der Waals surface area contributed by atoms with Crippen LogP contribution in [0, 0.1) is 0 Å². The maximum Gasteiger partial charge on any atom is 0.466 e. The Balaban J connectivity index is 0.000000653. The summed E-state index contributed by atoms with van der Waals surface area (Å²) >= 11 is 0. The van der Waals surface area contributed by atoms with Gasteiger partial charge in [0.25, 0.3) is 0 Å². The lowest BCUT2D eigenvalue weighted by atomic mass is 10.4. The number of fused-ring (bicyclic) bond motifs is 1. The molecule has 1 atom stereocenters. The van der Waals surface area contributed by atoms with E-state index in [9.17, 15) is 4.57 Å². The van der Waals surface area contributed by atoms with Gasteiger partial charge in [0.2, 0.25) is 0 Å². The van der Waals surface area contributed by atoms with Crippen molar-refractivity contribution in [1.82, 2.24) is 19.5 Å². The van der Waals surface area contributed by atoms with Crippen molar-refractivity contribution < 1.29 is 57.6 Å². The zero-order valence-corrected chi connectivity index (χ0v) is 17.2. The van der Waals surface area contributed by atoms with Crippen molar-refractivity contribution in [2.75, 3.05) is 12.1 Å². The molecule has 29 heavy (non-hydrogen) atoms. The highest BCUT2D eigenvalue weighted by Gasteiger charge is 2.17. The summed E-state index contributed by atoms with van der Waals surface area (Å²) in [7, 11) is -13.4. The van der Waals surface area contributed by atoms with Crippen LogP contribution in [0.2, 0.25) is 0 Å². The highest BCUT2D eigenvalue weighted by Crippen LogP contribution is 2.34. The van der Waals surface area contributed by atoms with E-state index in [-0.39, 0.29) is 5.82 Å². The Morgan fingerprint density at radius 2 is 1.48 bits per heavy atom. The second-order valence-electron chi connectivity index (χ2n) is 5.13. The minimum Gasteiger partial charge on any atom is -0.382 e. The van der Waals surface area contributed by atoms with Crippen molar-refractivity contribution >= 4 is 40.2 Å². The first-order valence-corrected chi connectivity index (χ1v) is 11.9. The van der Waals surface area contributed by atoms with Gasteiger partial charge < -0.3 is 54.2 Å². The number of nitrogens with two attached hydrogens (primary N) is 1. The predicted molar refractivity (Wildman–Crippen MR) is 95.7 cm³/mol. The van der Waals surface area contributed by atoms with Crippen molar-refractivity contribution in [2.45, 2.75) is 19.6 Å². The quantitative estimate of drug-likeness (QED) is 0.210. The molecular weight excluding hydrogens is 463 g/mol. The molecule has 0 aliphatic carbocycles. The van der Waals surface area contributed by atoms with Gasteiger partial charge >= 0.3 is 23.2 Å². The van der Waals surface area contributed by atoms with Crippen LogP contribution < -0.4 is 5.73 Å². The van der Waals surface area contributed by atoms with E-state index in [4.69, 9.17) is 58.7 Å². The number of phosphoric acid groups is 2. The second kappa shape index (κ2) is 11.2. The molecule has 0 fully saturated rings. The van der Waals surface area contributed by atoms with E-state index in [0.717, 1.165) is 0 Å². The molecule has 0 bridgehead atoms. The Morgan fingerprint density at radius 1 is 1.00 bits per heavy atom. The molecule has 0 aromatic carbocycles. The lowest BCUT2D eigenvalue weighted by Crippen LogP contribution is -2.17. The first kappa shape index (κ1) is 27.7. The summed E-state index contributed by atoms with van der Waals surface area (Å²) in [6, 6.07) is 0. The fourth-order valence-corrected chi connectivity index (χ4v) is 2.04. The molecule has 168 valence electrons. The number of nitrogens with zero attached hydrogens (tertiary/aromatic N) is 4. The van der Waals surface area contributed by atoms with Crippen LogP contribution in [0.25, 0.3) is 11.2 Å². The molecule has 0 spiro atoms. The number of ether oxygens (including phenoxy) is 1. The molecule has 2 aromatic rings. The van der Waals surface area contributed by atoms with E-state index >= 15 is 0 Å². The van der Waals surface area contributed by atoms with Crippen LogP contribution in [0.1, 0.15) is 6.92 Å². The summed E-state index contributed by atoms with van der Waals surface area (Å²) < 4.78 is 35.2. The molecule has 2 aromatic heterocycles. The Labute approximate surface area is 162 Å². The van der Waals surface area contributed by atoms with Gasteiger partial charge in [-0.05, 0) is 6.92 Å². The van der Waals surface area contributed by atoms with E-state index in [1.165, 1.54) is 12.7 Å². The average molecular weight is 483 g/mol. The Hall–Kier alpha value is -1.32. The normalized spacial score (nSPS) is 13.1. The molecule has 0 aliphatic heterocycles. The van der Waals surface area contributed by atoms with Gasteiger partial charge in [-0.25, -0.2) is 24.1 Å². The van der Waals surface area contributed by atoms with Crippen LogP contribution in [0.15, 0.2) is 12.7 Å². The van der Waals surface area contributed by atoms with Gasteiger partial charge in [-0.15, -0.1) is 0 Å². The number of rotatable bonds is 5. The maximum atomic E-state index is 10.7. The molecule has 2 rings (SSSR count). The highest BCUT2D eigenvalue weighted by atomic mass is 31.2. The summed E-state index contributed by atoms with van der Waals surface area (Å²) in [5.74, 6) is 0.285. The zero-order chi connectivity index (χ0) is 23.0. The van der Waals surface area contributed by atoms with Gasteiger partial charge in [0.15, 0.2) is 11.5 Å². The number of hydrogen-bond acceptors (Lipinski definition) is 8. The molecule has 0 radical (unpaired) electrons. The number of aromatic nitrogens is 4. The van der Waals surface area contributed by atoms with E-state index < -0.39 is 35.7 Å². The Morgan fingerprint density at radius 3 is 1.93 bits per heavy atom. The van der Waals surface area contributed by atoms with Gasteiger partial charge in [-0.2, -0.15) is 0 Å². The standard InChI is InChI=1S/C9H14N5O4P.2H3O4P/c1-6(18-5-19(15,16)17)2-14-4-13-7-8(10)11-3-12-9(7)14;2*1-5(2,3)4/h3-4,6H,2,5H2,1H3,(H2,10,11,12)(H2,15,16,17);2*(H3,1,2,3,4). The topological polar surface area (TPSA) is 292 Å². The van der Waals surface area contributed by atoms with Gasteiger partial charge in [0.1, 0.15) is 18.2 Å². The third-order valence-electron chi connectivity index (χ3n) is 2.41. The summed E-state index contributed by atoms with van der Waals surface area (Å²) in [6.45, 7) is 2.05. The van der Waals surface area contributed by atoms with Gasteiger partial charge in [-0.1, -0.05) is 0 Å². The minimum atomic E-state index is -4.64. The summed E-state index contributed by atoms with van der Waals surface area (Å²) in [6.07, 6.45) is 1.85. The molecule has 17 nitrogen and oxygen atoms in total. The van der Waals surface area contributed by atoms with E-state index in [1.54, 1.807) is 11.5 Å².